The lowest BCUT2D eigenvalue weighted by molar-refractivity contribution is 0.0697. The van der Waals surface area contributed by atoms with E-state index in [-0.39, 0.29) is 0 Å². The molecule has 3 rings (SSSR count). The number of benzene rings is 2. The zero-order valence-corrected chi connectivity index (χ0v) is 15.1. The summed E-state index contributed by atoms with van der Waals surface area (Å²) in [7, 11) is 0. The quantitative estimate of drug-likeness (QED) is 0.538. The van der Waals surface area contributed by atoms with Gasteiger partial charge in [-0.25, -0.2) is 9.78 Å². The number of aliphatic hydroxyl groups is 1. The van der Waals surface area contributed by atoms with Gasteiger partial charge in [-0.3, -0.25) is 0 Å². The van der Waals surface area contributed by atoms with E-state index in [1.165, 1.54) is 0 Å². The van der Waals surface area contributed by atoms with Crippen molar-refractivity contribution in [3.63, 3.8) is 0 Å². The van der Waals surface area contributed by atoms with Gasteiger partial charge >= 0.3 is 5.97 Å². The highest BCUT2D eigenvalue weighted by atomic mass is 16.4. The highest BCUT2D eigenvalue weighted by Gasteiger charge is 2.10. The van der Waals surface area contributed by atoms with Gasteiger partial charge in [0.2, 0.25) is 0 Å². The van der Waals surface area contributed by atoms with Crippen molar-refractivity contribution in [3.8, 4) is 11.1 Å². The highest BCUT2D eigenvalue weighted by molar-refractivity contribution is 5.95. The van der Waals surface area contributed by atoms with Crippen LogP contribution in [0.3, 0.4) is 0 Å². The number of nitrogens with zero attached hydrogens (tertiary/aromatic N) is 1. The fraction of sp³-hybridized carbons (Fsp3) is 0.182. The number of aliphatic hydroxyl groups excluding tert-OH is 1. The number of aromatic carboxylic acids is 1. The van der Waals surface area contributed by atoms with Gasteiger partial charge in [-0.05, 0) is 41.7 Å². The maximum atomic E-state index is 11.4. The molecule has 0 aliphatic rings. The maximum Gasteiger partial charge on any atom is 0.336 e. The molecular formula is C22H22N2O3. The Morgan fingerprint density at radius 1 is 1.11 bits per heavy atom. The molecule has 0 saturated heterocycles. The molecule has 0 radical (unpaired) electrons. The van der Waals surface area contributed by atoms with Crippen molar-refractivity contribution in [1.29, 1.82) is 0 Å². The summed E-state index contributed by atoms with van der Waals surface area (Å²) in [5.74, 6) is -0.00869. The Morgan fingerprint density at radius 2 is 1.85 bits per heavy atom. The zero-order chi connectivity index (χ0) is 19.2. The Bertz CT molecular complexity index is 956. The number of carboxylic acids is 1. The van der Waals surface area contributed by atoms with Crippen LogP contribution in [0.25, 0.3) is 11.1 Å². The number of aromatic nitrogens is 2. The number of allylic oxidation sites excluding steroid dienone is 1. The van der Waals surface area contributed by atoms with Crippen molar-refractivity contribution >= 4 is 5.97 Å². The van der Waals surface area contributed by atoms with Crippen molar-refractivity contribution in [1.82, 2.24) is 9.97 Å². The number of aryl methyl sites for hydroxylation is 2. The molecule has 0 fully saturated rings. The first kappa shape index (κ1) is 18.5. The number of carbonyl (C=O) groups is 1. The minimum absolute atomic E-state index is 0.306. The molecule has 27 heavy (non-hydrogen) atoms. The molecule has 0 aliphatic carbocycles. The fourth-order valence-corrected chi connectivity index (χ4v) is 3.00. The van der Waals surface area contributed by atoms with E-state index in [1.54, 1.807) is 18.3 Å². The standard InChI is InChI=1S/C22H22N2O3/c1-15(14-25)12-18-13-23-21(24-18)11-8-16-6-9-17(10-7-16)19-4-2-3-5-20(19)22(26)27/h2-7,9-10,13-14,25H,8,11-12H2,1H3,(H,23,24)(H,26,27)/b15-14+. The summed E-state index contributed by atoms with van der Waals surface area (Å²) < 4.78 is 0. The normalized spacial score (nSPS) is 11.5. The first-order valence-electron chi connectivity index (χ1n) is 8.81. The average molecular weight is 362 g/mol. The number of carboxylic acid groups (broad SMARTS) is 1. The molecule has 5 heteroatoms. The second-order valence-electron chi connectivity index (χ2n) is 6.56. The highest BCUT2D eigenvalue weighted by Crippen LogP contribution is 2.24. The third kappa shape index (κ3) is 4.64. The van der Waals surface area contributed by atoms with Gasteiger partial charge in [0.05, 0.1) is 11.8 Å². The molecule has 138 valence electrons. The maximum absolute atomic E-state index is 11.4. The fourth-order valence-electron chi connectivity index (χ4n) is 3.00. The van der Waals surface area contributed by atoms with Crippen molar-refractivity contribution in [3.05, 3.63) is 89.2 Å². The van der Waals surface area contributed by atoms with Crippen LogP contribution in [0.5, 0.6) is 0 Å². The number of imidazole rings is 1. The Morgan fingerprint density at radius 3 is 2.56 bits per heavy atom. The van der Waals surface area contributed by atoms with Crippen LogP contribution >= 0.6 is 0 Å². The number of rotatable bonds is 7. The molecular weight excluding hydrogens is 340 g/mol. The van der Waals surface area contributed by atoms with E-state index in [1.807, 2.05) is 43.3 Å². The van der Waals surface area contributed by atoms with E-state index < -0.39 is 5.97 Å². The molecule has 2 aromatic carbocycles. The number of hydrogen-bond donors (Lipinski definition) is 3. The number of H-pyrrole nitrogens is 1. The smallest absolute Gasteiger partial charge is 0.336 e. The SMILES string of the molecule is C/C(=C\O)Cc1cnc(CCc2ccc(-c3ccccc3C(=O)O)cc2)[nH]1. The molecule has 1 aromatic heterocycles. The van der Waals surface area contributed by atoms with E-state index >= 15 is 0 Å². The third-order valence-electron chi connectivity index (χ3n) is 4.44. The Labute approximate surface area is 158 Å². The molecule has 0 atom stereocenters. The summed E-state index contributed by atoms with van der Waals surface area (Å²) in [5.41, 5.74) is 4.94. The van der Waals surface area contributed by atoms with Crippen LogP contribution in [0.15, 0.2) is 66.6 Å². The zero-order valence-electron chi connectivity index (χ0n) is 15.1. The van der Waals surface area contributed by atoms with Crippen molar-refractivity contribution < 1.29 is 15.0 Å². The first-order chi connectivity index (χ1) is 13.1. The molecule has 0 unspecified atom stereocenters. The Kier molecular flexibility index (Phi) is 5.71. The van der Waals surface area contributed by atoms with Crippen LogP contribution in [0.2, 0.25) is 0 Å². The lowest BCUT2D eigenvalue weighted by Crippen LogP contribution is -1.99. The minimum atomic E-state index is -0.922. The van der Waals surface area contributed by atoms with Gasteiger partial charge in [-0.2, -0.15) is 0 Å². The predicted octanol–water partition coefficient (Wildman–Crippen LogP) is 4.56. The van der Waals surface area contributed by atoms with Crippen LogP contribution in [-0.4, -0.2) is 26.2 Å². The summed E-state index contributed by atoms with van der Waals surface area (Å²) in [6, 6.07) is 15.0. The lowest BCUT2D eigenvalue weighted by Gasteiger charge is -2.07. The van der Waals surface area contributed by atoms with Crippen molar-refractivity contribution in [2.75, 3.05) is 0 Å². The summed E-state index contributed by atoms with van der Waals surface area (Å²) in [5, 5.41) is 18.3. The van der Waals surface area contributed by atoms with E-state index in [9.17, 15) is 9.90 Å². The van der Waals surface area contributed by atoms with Crippen molar-refractivity contribution in [2.24, 2.45) is 0 Å². The van der Waals surface area contributed by atoms with E-state index in [0.717, 1.165) is 52.9 Å². The van der Waals surface area contributed by atoms with Gasteiger partial charge in [0.25, 0.3) is 0 Å². The molecule has 0 amide bonds. The van der Waals surface area contributed by atoms with Gasteiger partial charge < -0.3 is 15.2 Å². The summed E-state index contributed by atoms with van der Waals surface area (Å²) in [6.45, 7) is 1.87. The number of hydrogen-bond acceptors (Lipinski definition) is 3. The van der Waals surface area contributed by atoms with Crippen LogP contribution in [0, 0.1) is 0 Å². The lowest BCUT2D eigenvalue weighted by atomic mass is 9.98. The summed E-state index contributed by atoms with van der Waals surface area (Å²) in [6.07, 6.45) is 5.19. The van der Waals surface area contributed by atoms with Crippen LogP contribution in [-0.2, 0) is 19.3 Å². The molecule has 3 N–H and O–H groups in total. The van der Waals surface area contributed by atoms with Crippen molar-refractivity contribution in [2.45, 2.75) is 26.2 Å². The van der Waals surface area contributed by atoms with Gasteiger partial charge in [-0.1, -0.05) is 42.5 Å². The average Bonchev–Trinajstić information content (AvgIpc) is 3.14. The summed E-state index contributed by atoms with van der Waals surface area (Å²) in [4.78, 5) is 19.0. The van der Waals surface area contributed by atoms with Gasteiger partial charge in [0, 0.05) is 24.7 Å². The third-order valence-corrected chi connectivity index (χ3v) is 4.44. The second-order valence-corrected chi connectivity index (χ2v) is 6.56. The van der Waals surface area contributed by atoms with Gasteiger partial charge in [0.1, 0.15) is 5.82 Å². The van der Waals surface area contributed by atoms with Gasteiger partial charge in [0.15, 0.2) is 0 Å². The van der Waals surface area contributed by atoms with Crippen LogP contribution < -0.4 is 0 Å². The Balaban J connectivity index is 1.66. The molecule has 3 aromatic rings. The number of aromatic amines is 1. The second kappa shape index (κ2) is 8.36. The van der Waals surface area contributed by atoms with Gasteiger partial charge in [-0.15, -0.1) is 0 Å². The minimum Gasteiger partial charge on any atom is -0.516 e. The topological polar surface area (TPSA) is 86.2 Å². The molecule has 1 heterocycles. The molecule has 0 spiro atoms. The van der Waals surface area contributed by atoms with Crippen LogP contribution in [0.1, 0.15) is 34.4 Å². The predicted molar refractivity (Wildman–Crippen MR) is 105 cm³/mol. The largest absolute Gasteiger partial charge is 0.516 e. The van der Waals surface area contributed by atoms with E-state index in [2.05, 4.69) is 9.97 Å². The Hall–Kier alpha value is -3.34. The summed E-state index contributed by atoms with van der Waals surface area (Å²) >= 11 is 0. The van der Waals surface area contributed by atoms with E-state index in [4.69, 9.17) is 5.11 Å². The first-order valence-corrected chi connectivity index (χ1v) is 8.81. The molecule has 0 bridgehead atoms. The molecule has 0 aliphatic heterocycles. The molecule has 0 saturated carbocycles. The van der Waals surface area contributed by atoms with E-state index in [0.29, 0.717) is 12.0 Å². The molecule has 5 nitrogen and oxygen atoms in total. The number of nitrogens with one attached hydrogen (secondary N) is 1. The monoisotopic (exact) mass is 362 g/mol. The van der Waals surface area contributed by atoms with Crippen LogP contribution in [0.4, 0.5) is 0 Å².